The van der Waals surface area contributed by atoms with Crippen LogP contribution < -0.4 is 0 Å². The number of carboxylic acid groups (broad SMARTS) is 1. The Balaban J connectivity index is 1.51. The Kier molecular flexibility index (Phi) is 10.4. The largest absolute Gasteiger partial charge is 0.481 e. The van der Waals surface area contributed by atoms with Crippen molar-refractivity contribution in [2.24, 2.45) is 40.4 Å². The van der Waals surface area contributed by atoms with Crippen LogP contribution in [0.15, 0.2) is 0 Å². The van der Waals surface area contributed by atoms with Crippen LogP contribution in [0.4, 0.5) is 0 Å². The van der Waals surface area contributed by atoms with Gasteiger partial charge in [-0.25, -0.2) is 8.37 Å². The second-order valence-corrected chi connectivity index (χ2v) is 16.7. The second kappa shape index (κ2) is 13.4. The van der Waals surface area contributed by atoms with Gasteiger partial charge in [-0.1, -0.05) is 20.8 Å². The first-order chi connectivity index (χ1) is 22.2. The topological polar surface area (TPSA) is 267 Å². The van der Waals surface area contributed by atoms with E-state index in [1.807, 2.05) is 6.92 Å². The summed E-state index contributed by atoms with van der Waals surface area (Å²) in [6.07, 6.45) is -9.67. The van der Waals surface area contributed by atoms with Gasteiger partial charge in [0.1, 0.15) is 18.3 Å². The standard InChI is InChI=1S/C29H44O17S2/c1-13(2)8-20(31)44-24-23(46-48(39,40)41)22(45-47(36,37)38)18(12-30)43-27(24)42-15-9-16(26(34)35)17-6-7-29-10-14(21(32)25(29)33)4-5-19(29)28(17,3)11-15/h13-19,22-25,27,30,33H,4-12H2,1-3H3,(H,34,35)(H,36,37,38)(H,39,40,41)/t14?,15-,16?,17-,18?,19+,22+,23?,24+,25?,27+,28-,29?/m1/s1. The maximum absolute atomic E-state index is 12.9. The zero-order valence-electron chi connectivity index (χ0n) is 26.7. The summed E-state index contributed by atoms with van der Waals surface area (Å²) < 4.78 is 93.2. The van der Waals surface area contributed by atoms with Crippen molar-refractivity contribution in [3.05, 3.63) is 0 Å². The number of carboxylic acids is 1. The molecule has 19 heteroatoms. The lowest BCUT2D eigenvalue weighted by molar-refractivity contribution is -0.316. The van der Waals surface area contributed by atoms with Crippen LogP contribution in [0.2, 0.25) is 0 Å². The number of carbonyl (C=O) groups excluding carboxylic acids is 2. The maximum Gasteiger partial charge on any atom is 0.397 e. The average molecular weight is 729 g/mol. The van der Waals surface area contributed by atoms with Crippen LogP contribution in [0.1, 0.15) is 72.1 Å². The molecule has 4 saturated carbocycles. The van der Waals surface area contributed by atoms with Crippen molar-refractivity contribution in [3.63, 3.8) is 0 Å². The highest BCUT2D eigenvalue weighted by atomic mass is 32.3. The molecule has 0 aromatic carbocycles. The molecular weight excluding hydrogens is 684 g/mol. The van der Waals surface area contributed by atoms with E-state index in [1.54, 1.807) is 13.8 Å². The lowest BCUT2D eigenvalue weighted by atomic mass is 9.43. The number of Topliss-reactive ketones (excluding diaryl/α,β-unsaturated/α-hetero) is 1. The average Bonchev–Trinajstić information content (AvgIpc) is 3.12. The van der Waals surface area contributed by atoms with E-state index in [0.29, 0.717) is 32.1 Å². The van der Waals surface area contributed by atoms with Crippen LogP contribution in [0, 0.1) is 40.4 Å². The summed E-state index contributed by atoms with van der Waals surface area (Å²) >= 11 is 0. The first kappa shape index (κ1) is 37.4. The molecule has 0 aromatic heterocycles. The van der Waals surface area contributed by atoms with Crippen LogP contribution in [-0.4, -0.2) is 109 Å². The van der Waals surface area contributed by atoms with Crippen molar-refractivity contribution < 1.29 is 78.2 Å². The molecule has 5 aliphatic rings. The monoisotopic (exact) mass is 728 g/mol. The third-order valence-corrected chi connectivity index (χ3v) is 12.2. The number of rotatable bonds is 11. The van der Waals surface area contributed by atoms with E-state index in [9.17, 15) is 55.6 Å². The number of aliphatic hydroxyl groups excluding tert-OH is 2. The molecule has 0 radical (unpaired) electrons. The Hall–Kier alpha value is -1.81. The zero-order valence-corrected chi connectivity index (χ0v) is 28.4. The molecule has 1 heterocycles. The Bertz CT molecular complexity index is 1480. The Morgan fingerprint density at radius 1 is 1.00 bits per heavy atom. The van der Waals surface area contributed by atoms with E-state index in [4.69, 9.17) is 18.4 Å². The quantitative estimate of drug-likeness (QED) is 0.111. The molecule has 5 N–H and O–H groups in total. The number of carbonyl (C=O) groups is 3. The lowest BCUT2D eigenvalue weighted by Crippen LogP contribution is -2.64. The molecule has 1 spiro atoms. The fourth-order valence-corrected chi connectivity index (χ4v) is 10.7. The third-order valence-electron chi connectivity index (χ3n) is 11.3. The Morgan fingerprint density at radius 2 is 1.65 bits per heavy atom. The van der Waals surface area contributed by atoms with Gasteiger partial charge in [-0.2, -0.15) is 16.8 Å². The molecule has 4 aliphatic carbocycles. The first-order valence-electron chi connectivity index (χ1n) is 16.1. The highest BCUT2D eigenvalue weighted by Gasteiger charge is 2.68. The number of esters is 1. The molecular formula is C29H44O17S2. The third kappa shape index (κ3) is 7.17. The van der Waals surface area contributed by atoms with Gasteiger partial charge < -0.3 is 29.5 Å². The number of aliphatic carboxylic acids is 1. The number of aliphatic hydroxyl groups is 2. The summed E-state index contributed by atoms with van der Waals surface area (Å²) in [6.45, 7) is 4.21. The fourth-order valence-electron chi connectivity index (χ4n) is 9.66. The summed E-state index contributed by atoms with van der Waals surface area (Å²) in [5.41, 5.74) is -1.49. The molecule has 1 aliphatic heterocycles. The van der Waals surface area contributed by atoms with Crippen LogP contribution in [0.3, 0.4) is 0 Å². The predicted molar refractivity (Wildman–Crippen MR) is 158 cm³/mol. The van der Waals surface area contributed by atoms with Gasteiger partial charge in [0, 0.05) is 17.8 Å². The molecule has 13 atom stereocenters. The SMILES string of the molecule is CC(C)CC(=O)O[C@H]1C(OS(=O)(=O)O)[C@@H](OS(=O)(=O)O)C(CO)O[C@@H]1O[C@@H]1CC(C(=O)O)[C@H]2CCC34CC(CC[C@H]3[C@]2(C)C1)C(=O)C4O. The van der Waals surface area contributed by atoms with E-state index in [2.05, 4.69) is 4.18 Å². The fraction of sp³-hybridized carbons (Fsp3) is 0.897. The van der Waals surface area contributed by atoms with Crippen molar-refractivity contribution in [1.82, 2.24) is 0 Å². The number of ketones is 1. The van der Waals surface area contributed by atoms with E-state index in [1.165, 1.54) is 0 Å². The van der Waals surface area contributed by atoms with Crippen molar-refractivity contribution in [1.29, 1.82) is 0 Å². The number of hydrogen-bond donors (Lipinski definition) is 5. The molecule has 48 heavy (non-hydrogen) atoms. The molecule has 274 valence electrons. The normalized spacial score (nSPS) is 43.0. The Labute approximate surface area is 278 Å². The van der Waals surface area contributed by atoms with Gasteiger partial charge in [-0.15, -0.1) is 0 Å². The molecule has 0 amide bonds. The number of fused-ring (bicyclic) bond motifs is 3. The van der Waals surface area contributed by atoms with Gasteiger partial charge >= 0.3 is 32.7 Å². The van der Waals surface area contributed by atoms with Crippen LogP contribution in [0.25, 0.3) is 0 Å². The van der Waals surface area contributed by atoms with Crippen molar-refractivity contribution in [2.75, 3.05) is 6.61 Å². The summed E-state index contributed by atoms with van der Waals surface area (Å²) in [4.78, 5) is 38.5. The Morgan fingerprint density at radius 3 is 2.23 bits per heavy atom. The maximum atomic E-state index is 12.9. The van der Waals surface area contributed by atoms with E-state index < -0.39 is 99.0 Å². The molecule has 1 saturated heterocycles. The first-order valence-corrected chi connectivity index (χ1v) is 18.8. The minimum atomic E-state index is -5.44. The van der Waals surface area contributed by atoms with Crippen molar-refractivity contribution in [2.45, 2.75) is 115 Å². The molecule has 6 unspecified atom stereocenters. The van der Waals surface area contributed by atoms with Gasteiger partial charge in [0.05, 0.1) is 18.6 Å². The minimum Gasteiger partial charge on any atom is -0.481 e. The van der Waals surface area contributed by atoms with Crippen LogP contribution in [0.5, 0.6) is 0 Å². The van der Waals surface area contributed by atoms with Gasteiger partial charge in [-0.3, -0.25) is 23.5 Å². The highest BCUT2D eigenvalue weighted by molar-refractivity contribution is 7.81. The lowest BCUT2D eigenvalue weighted by Gasteiger charge is -2.62. The van der Waals surface area contributed by atoms with E-state index in [0.717, 1.165) is 0 Å². The number of ether oxygens (including phenoxy) is 3. The van der Waals surface area contributed by atoms with Crippen LogP contribution in [-0.2, 0) is 57.8 Å². The summed E-state index contributed by atoms with van der Waals surface area (Å²) in [5, 5.41) is 31.6. The smallest absolute Gasteiger partial charge is 0.397 e. The van der Waals surface area contributed by atoms with Crippen molar-refractivity contribution >= 4 is 38.5 Å². The second-order valence-electron chi connectivity index (χ2n) is 14.6. The molecule has 5 fully saturated rings. The van der Waals surface area contributed by atoms with Crippen molar-refractivity contribution in [3.8, 4) is 0 Å². The predicted octanol–water partition coefficient (Wildman–Crippen LogP) is 0.680. The highest BCUT2D eigenvalue weighted by Crippen LogP contribution is 2.69. The van der Waals surface area contributed by atoms with Gasteiger partial charge in [0.2, 0.25) is 0 Å². The number of hydrogen-bond acceptors (Lipinski definition) is 14. The summed E-state index contributed by atoms with van der Waals surface area (Å²) in [5.74, 6) is -4.28. The molecule has 5 rings (SSSR count). The van der Waals surface area contributed by atoms with E-state index >= 15 is 0 Å². The van der Waals surface area contributed by atoms with Gasteiger partial charge in [-0.05, 0) is 68.1 Å². The summed E-state index contributed by atoms with van der Waals surface area (Å²) in [6, 6.07) is 0. The van der Waals surface area contributed by atoms with Gasteiger partial charge in [0.15, 0.2) is 24.3 Å². The van der Waals surface area contributed by atoms with Gasteiger partial charge in [0.25, 0.3) is 0 Å². The molecule has 2 bridgehead atoms. The van der Waals surface area contributed by atoms with E-state index in [-0.39, 0.29) is 48.7 Å². The van der Waals surface area contributed by atoms with Crippen LogP contribution >= 0.6 is 0 Å². The minimum absolute atomic E-state index is 0.0650. The zero-order chi connectivity index (χ0) is 35.6. The molecule has 17 nitrogen and oxygen atoms in total. The summed E-state index contributed by atoms with van der Waals surface area (Å²) in [7, 11) is -10.8. The molecule has 0 aromatic rings.